The Morgan fingerprint density at radius 3 is 2.35 bits per heavy atom. The lowest BCUT2D eigenvalue weighted by Gasteiger charge is -2.43. The summed E-state index contributed by atoms with van der Waals surface area (Å²) in [5.74, 6) is -2.23. The number of carbonyl (C=O) groups is 2. The van der Waals surface area contributed by atoms with Crippen LogP contribution in [0.3, 0.4) is 0 Å². The molecule has 0 aromatic heterocycles. The van der Waals surface area contributed by atoms with Crippen LogP contribution in [-0.4, -0.2) is 67.6 Å². The molecule has 2 fully saturated rings. The maximum absolute atomic E-state index is 14.3. The number of halogens is 3. The van der Waals surface area contributed by atoms with Crippen molar-refractivity contribution in [1.29, 1.82) is 0 Å². The molecule has 2 amide bonds. The summed E-state index contributed by atoms with van der Waals surface area (Å²) in [5.41, 5.74) is -0.926. The molecule has 2 aliphatic heterocycles. The van der Waals surface area contributed by atoms with Gasteiger partial charge >= 0.3 is 0 Å². The summed E-state index contributed by atoms with van der Waals surface area (Å²) < 4.78 is 52.2. The molecule has 0 radical (unpaired) electrons. The summed E-state index contributed by atoms with van der Waals surface area (Å²) in [7, 11) is 0. The van der Waals surface area contributed by atoms with Gasteiger partial charge in [-0.15, -0.1) is 0 Å². The van der Waals surface area contributed by atoms with Gasteiger partial charge in [0.1, 0.15) is 23.2 Å². The van der Waals surface area contributed by atoms with Crippen LogP contribution in [0.4, 0.5) is 13.2 Å². The zero-order chi connectivity index (χ0) is 24.1. The van der Waals surface area contributed by atoms with Gasteiger partial charge in [-0.25, -0.2) is 13.2 Å². The maximum atomic E-state index is 14.3. The van der Waals surface area contributed by atoms with Crippen molar-refractivity contribution in [3.05, 3.63) is 65.5 Å². The van der Waals surface area contributed by atoms with E-state index in [-0.39, 0.29) is 36.9 Å². The van der Waals surface area contributed by atoms with Crippen molar-refractivity contribution in [2.24, 2.45) is 5.41 Å². The SMILES string of the molecule is O=C(CC1(COc2ccc(F)cc2)CCCN(C(=O)c2ccc(F)cc2F)C1)N1CCOCC1. The number of nitrogens with zero attached hydrogens (tertiary/aromatic N) is 2. The largest absolute Gasteiger partial charge is 0.493 e. The van der Waals surface area contributed by atoms with Crippen molar-refractivity contribution in [2.75, 3.05) is 46.0 Å². The molecule has 0 saturated carbocycles. The van der Waals surface area contributed by atoms with Crippen molar-refractivity contribution >= 4 is 11.8 Å². The molecule has 2 heterocycles. The molecule has 9 heteroatoms. The van der Waals surface area contributed by atoms with Crippen LogP contribution in [0, 0.1) is 22.9 Å². The number of hydrogen-bond donors (Lipinski definition) is 0. The average Bonchev–Trinajstić information content (AvgIpc) is 2.84. The van der Waals surface area contributed by atoms with Crippen molar-refractivity contribution in [3.8, 4) is 5.75 Å². The number of hydrogen-bond acceptors (Lipinski definition) is 4. The van der Waals surface area contributed by atoms with Gasteiger partial charge in [0, 0.05) is 44.1 Å². The van der Waals surface area contributed by atoms with Crippen molar-refractivity contribution < 1.29 is 32.2 Å². The topological polar surface area (TPSA) is 59.1 Å². The second kappa shape index (κ2) is 10.5. The monoisotopic (exact) mass is 476 g/mol. The lowest BCUT2D eigenvalue weighted by atomic mass is 9.77. The van der Waals surface area contributed by atoms with Gasteiger partial charge < -0.3 is 19.3 Å². The Morgan fingerprint density at radius 2 is 1.65 bits per heavy atom. The van der Waals surface area contributed by atoms with Crippen LogP contribution in [0.15, 0.2) is 42.5 Å². The van der Waals surface area contributed by atoms with E-state index >= 15 is 0 Å². The highest BCUT2D eigenvalue weighted by atomic mass is 19.1. The lowest BCUT2D eigenvalue weighted by molar-refractivity contribution is -0.139. The van der Waals surface area contributed by atoms with Crippen LogP contribution < -0.4 is 4.74 Å². The third-order valence-electron chi connectivity index (χ3n) is 6.36. The van der Waals surface area contributed by atoms with E-state index in [9.17, 15) is 22.8 Å². The smallest absolute Gasteiger partial charge is 0.256 e. The van der Waals surface area contributed by atoms with E-state index in [1.165, 1.54) is 29.2 Å². The van der Waals surface area contributed by atoms with E-state index in [0.29, 0.717) is 57.5 Å². The van der Waals surface area contributed by atoms with Gasteiger partial charge in [-0.05, 0) is 49.2 Å². The molecule has 0 N–H and O–H groups in total. The minimum absolute atomic E-state index is 0.0618. The summed E-state index contributed by atoms with van der Waals surface area (Å²) in [4.78, 5) is 29.5. The molecule has 4 rings (SSSR count). The van der Waals surface area contributed by atoms with Crippen molar-refractivity contribution in [2.45, 2.75) is 19.3 Å². The highest BCUT2D eigenvalue weighted by Crippen LogP contribution is 2.36. The second-order valence-corrected chi connectivity index (χ2v) is 8.87. The van der Waals surface area contributed by atoms with E-state index in [0.717, 1.165) is 12.1 Å². The Kier molecular flexibility index (Phi) is 7.41. The number of ether oxygens (including phenoxy) is 2. The Morgan fingerprint density at radius 1 is 0.941 bits per heavy atom. The summed E-state index contributed by atoms with van der Waals surface area (Å²) in [6, 6.07) is 8.46. The predicted molar refractivity (Wildman–Crippen MR) is 118 cm³/mol. The minimum atomic E-state index is -0.923. The van der Waals surface area contributed by atoms with Gasteiger partial charge in [-0.2, -0.15) is 0 Å². The standard InChI is InChI=1S/C25H27F3N2O4/c26-18-2-5-20(6-3-18)34-17-25(15-23(31)29-10-12-33-13-11-29)8-1-9-30(16-25)24(32)21-7-4-19(27)14-22(21)28/h2-7,14H,1,8-13,15-17H2. The molecule has 0 aliphatic carbocycles. The van der Waals surface area contributed by atoms with Gasteiger partial charge in [0.15, 0.2) is 0 Å². The summed E-state index contributed by atoms with van der Waals surface area (Å²) in [5, 5.41) is 0. The molecule has 2 aliphatic rings. The van der Waals surface area contributed by atoms with E-state index < -0.39 is 23.0 Å². The first kappa shape index (κ1) is 24.1. The highest BCUT2D eigenvalue weighted by Gasteiger charge is 2.41. The van der Waals surface area contributed by atoms with Crippen LogP contribution in [0.2, 0.25) is 0 Å². The number of amides is 2. The first-order valence-electron chi connectivity index (χ1n) is 11.3. The third kappa shape index (κ3) is 5.70. The molecule has 0 spiro atoms. The van der Waals surface area contributed by atoms with Gasteiger partial charge in [-0.3, -0.25) is 9.59 Å². The fourth-order valence-corrected chi connectivity index (χ4v) is 4.54. The van der Waals surface area contributed by atoms with Crippen molar-refractivity contribution in [3.63, 3.8) is 0 Å². The lowest BCUT2D eigenvalue weighted by Crippen LogP contribution is -2.52. The number of rotatable bonds is 6. The Bertz CT molecular complexity index is 1030. The molecule has 0 bridgehead atoms. The Labute approximate surface area is 196 Å². The Balaban J connectivity index is 1.54. The van der Waals surface area contributed by atoms with Gasteiger partial charge in [0.2, 0.25) is 5.91 Å². The average molecular weight is 476 g/mol. The first-order valence-corrected chi connectivity index (χ1v) is 11.3. The molecule has 34 heavy (non-hydrogen) atoms. The second-order valence-electron chi connectivity index (χ2n) is 8.87. The summed E-state index contributed by atoms with van der Waals surface area (Å²) >= 11 is 0. The fourth-order valence-electron chi connectivity index (χ4n) is 4.54. The van der Waals surface area contributed by atoms with E-state index in [2.05, 4.69) is 0 Å². The van der Waals surface area contributed by atoms with E-state index in [4.69, 9.17) is 9.47 Å². The molecular weight excluding hydrogens is 449 g/mol. The molecule has 2 aromatic carbocycles. The molecular formula is C25H27F3N2O4. The Hall–Kier alpha value is -3.07. The normalized spacial score (nSPS) is 20.8. The van der Waals surface area contributed by atoms with E-state index in [1.807, 2.05) is 0 Å². The number of carbonyl (C=O) groups excluding carboxylic acids is 2. The zero-order valence-electron chi connectivity index (χ0n) is 18.8. The van der Waals surface area contributed by atoms with Crippen LogP contribution in [0.5, 0.6) is 5.75 Å². The first-order chi connectivity index (χ1) is 16.3. The molecule has 1 unspecified atom stereocenters. The maximum Gasteiger partial charge on any atom is 0.256 e. The summed E-state index contributed by atoms with van der Waals surface area (Å²) in [6.07, 6.45) is 1.36. The van der Waals surface area contributed by atoms with E-state index in [1.54, 1.807) is 4.90 Å². The van der Waals surface area contributed by atoms with Crippen LogP contribution >= 0.6 is 0 Å². The molecule has 1 atom stereocenters. The minimum Gasteiger partial charge on any atom is -0.493 e. The van der Waals surface area contributed by atoms with Crippen LogP contribution in [0.25, 0.3) is 0 Å². The van der Waals surface area contributed by atoms with Gasteiger partial charge in [0.05, 0.1) is 25.4 Å². The third-order valence-corrected chi connectivity index (χ3v) is 6.36. The number of piperidine rings is 1. The highest BCUT2D eigenvalue weighted by molar-refractivity contribution is 5.94. The summed E-state index contributed by atoms with van der Waals surface area (Å²) in [6.45, 7) is 2.64. The molecule has 2 aromatic rings. The number of benzene rings is 2. The number of likely N-dealkylation sites (tertiary alicyclic amines) is 1. The van der Waals surface area contributed by atoms with Crippen LogP contribution in [-0.2, 0) is 9.53 Å². The quantitative estimate of drug-likeness (QED) is 0.639. The number of morpholine rings is 1. The predicted octanol–water partition coefficient (Wildman–Crippen LogP) is 3.65. The van der Waals surface area contributed by atoms with Gasteiger partial charge in [0.25, 0.3) is 5.91 Å². The molecule has 182 valence electrons. The van der Waals surface area contributed by atoms with Gasteiger partial charge in [-0.1, -0.05) is 0 Å². The fraction of sp³-hybridized carbons (Fsp3) is 0.440. The molecule has 6 nitrogen and oxygen atoms in total. The van der Waals surface area contributed by atoms with Crippen LogP contribution in [0.1, 0.15) is 29.6 Å². The van der Waals surface area contributed by atoms with Crippen molar-refractivity contribution in [1.82, 2.24) is 9.80 Å². The zero-order valence-corrected chi connectivity index (χ0v) is 18.8. The molecule has 2 saturated heterocycles.